The van der Waals surface area contributed by atoms with Gasteiger partial charge >= 0.3 is 5.69 Å². The molecule has 3 aromatic rings. The number of benzene rings is 2. The average molecular weight is 394 g/mol. The topological polar surface area (TPSA) is 77.6 Å². The van der Waals surface area contributed by atoms with Crippen molar-refractivity contribution in [2.75, 3.05) is 7.11 Å². The molecule has 1 aromatic heterocycles. The molecular weight excluding hydrogens is 376 g/mol. The van der Waals surface area contributed by atoms with E-state index in [4.69, 9.17) is 4.74 Å². The van der Waals surface area contributed by atoms with E-state index < -0.39 is 0 Å². The molecule has 0 unspecified atom stereocenters. The number of aliphatic imine (C=N–C) groups is 1. The molecule has 7 nitrogen and oxygen atoms in total. The number of hydrogen-bond donors (Lipinski definition) is 1. The number of thioether (sulfide) groups is 1. The summed E-state index contributed by atoms with van der Waals surface area (Å²) in [5.74, 6) is 1.19. The van der Waals surface area contributed by atoms with Crippen LogP contribution in [0, 0.1) is 0 Å². The van der Waals surface area contributed by atoms with Gasteiger partial charge in [0.25, 0.3) is 5.24 Å². The van der Waals surface area contributed by atoms with E-state index in [0.717, 1.165) is 28.4 Å². The molecule has 1 aliphatic rings. The monoisotopic (exact) mass is 394 g/mol. The molecule has 1 amide bonds. The highest BCUT2D eigenvalue weighted by Crippen LogP contribution is 2.30. The Morgan fingerprint density at radius 2 is 1.86 bits per heavy atom. The number of methoxy groups -OCH3 is 1. The van der Waals surface area contributed by atoms with Crippen LogP contribution >= 0.6 is 11.8 Å². The quantitative estimate of drug-likeness (QED) is 0.738. The summed E-state index contributed by atoms with van der Waals surface area (Å²) in [6.07, 6.45) is 1.89. The van der Waals surface area contributed by atoms with E-state index in [1.165, 1.54) is 0 Å². The van der Waals surface area contributed by atoms with E-state index in [2.05, 4.69) is 10.3 Å². The minimum Gasteiger partial charge on any atom is -0.497 e. The Morgan fingerprint density at radius 1 is 1.07 bits per heavy atom. The zero-order valence-corrected chi connectivity index (χ0v) is 16.4. The molecule has 1 saturated heterocycles. The van der Waals surface area contributed by atoms with Gasteiger partial charge in [0.15, 0.2) is 0 Å². The molecule has 1 N–H and O–H groups in total. The lowest BCUT2D eigenvalue weighted by Gasteiger charge is -2.03. The Balaban J connectivity index is 1.75. The number of carbonyl (C=O) groups excluding carboxylic acids is 1. The third-order valence-corrected chi connectivity index (χ3v) is 5.36. The first-order valence-electron chi connectivity index (χ1n) is 8.55. The Kier molecular flexibility index (Phi) is 4.56. The van der Waals surface area contributed by atoms with Gasteiger partial charge in [0.1, 0.15) is 11.6 Å². The smallest absolute Gasteiger partial charge is 0.328 e. The molecule has 2 heterocycles. The lowest BCUT2D eigenvalue weighted by atomic mass is 10.2. The number of amides is 1. The van der Waals surface area contributed by atoms with Crippen molar-refractivity contribution in [3.05, 3.63) is 63.4 Å². The van der Waals surface area contributed by atoms with Crippen molar-refractivity contribution in [1.82, 2.24) is 14.5 Å². The van der Waals surface area contributed by atoms with Crippen LogP contribution in [0.4, 0.5) is 10.5 Å². The van der Waals surface area contributed by atoms with Crippen LogP contribution in [0.3, 0.4) is 0 Å². The number of amidine groups is 1. The van der Waals surface area contributed by atoms with E-state index in [-0.39, 0.29) is 10.9 Å². The number of hydrogen-bond acceptors (Lipinski definition) is 5. The third-order valence-electron chi connectivity index (χ3n) is 4.54. The molecule has 8 heteroatoms. The summed E-state index contributed by atoms with van der Waals surface area (Å²) in [5.41, 5.74) is 3.17. The zero-order valence-electron chi connectivity index (χ0n) is 15.6. The van der Waals surface area contributed by atoms with Crippen LogP contribution in [0.5, 0.6) is 5.75 Å². The summed E-state index contributed by atoms with van der Waals surface area (Å²) in [6, 6.07) is 13.1. The lowest BCUT2D eigenvalue weighted by molar-refractivity contribution is 0.265. The first-order chi connectivity index (χ1) is 13.5. The second-order valence-corrected chi connectivity index (χ2v) is 7.35. The average Bonchev–Trinajstić information content (AvgIpc) is 3.14. The standard InChI is InChI=1S/C20H18N4O3S/c1-23-15-8-7-12(9-16(15)24(2)20(23)26)10-17-18(22-19(25)28-17)21-13-5-4-6-14(11-13)27-3/h4-11H,1-3H3,(H,21,22,25)/b17-10-. The van der Waals surface area contributed by atoms with Gasteiger partial charge in [-0.3, -0.25) is 13.9 Å². The number of aromatic nitrogens is 2. The number of ether oxygens (including phenoxy) is 1. The van der Waals surface area contributed by atoms with Crippen LogP contribution in [0.2, 0.25) is 0 Å². The van der Waals surface area contributed by atoms with Gasteiger partial charge in [-0.1, -0.05) is 12.1 Å². The van der Waals surface area contributed by atoms with E-state index in [9.17, 15) is 9.59 Å². The van der Waals surface area contributed by atoms with Crippen LogP contribution in [-0.2, 0) is 14.1 Å². The van der Waals surface area contributed by atoms with E-state index >= 15 is 0 Å². The Hall–Kier alpha value is -3.26. The Morgan fingerprint density at radius 3 is 2.64 bits per heavy atom. The Labute approximate surface area is 165 Å². The summed E-state index contributed by atoms with van der Waals surface area (Å²) in [7, 11) is 5.08. The molecular formula is C20H18N4O3S. The predicted molar refractivity (Wildman–Crippen MR) is 112 cm³/mol. The van der Waals surface area contributed by atoms with Crippen molar-refractivity contribution in [2.24, 2.45) is 19.1 Å². The van der Waals surface area contributed by atoms with E-state index in [1.54, 1.807) is 36.4 Å². The summed E-state index contributed by atoms with van der Waals surface area (Å²) >= 11 is 1.09. The summed E-state index contributed by atoms with van der Waals surface area (Å²) in [6.45, 7) is 0. The van der Waals surface area contributed by atoms with Crippen molar-refractivity contribution in [2.45, 2.75) is 0 Å². The van der Waals surface area contributed by atoms with Gasteiger partial charge in [0, 0.05) is 20.2 Å². The molecule has 0 radical (unpaired) electrons. The van der Waals surface area contributed by atoms with Gasteiger partial charge in [0.05, 0.1) is 28.7 Å². The number of fused-ring (bicyclic) bond motifs is 1. The summed E-state index contributed by atoms with van der Waals surface area (Å²) in [4.78, 5) is 29.3. The molecule has 0 spiro atoms. The second kappa shape index (κ2) is 7.05. The number of nitrogens with one attached hydrogen (secondary N) is 1. The van der Waals surface area contributed by atoms with Crippen LogP contribution < -0.4 is 15.7 Å². The first kappa shape index (κ1) is 18.1. The van der Waals surface area contributed by atoms with Crippen molar-refractivity contribution in [3.8, 4) is 5.75 Å². The maximum Gasteiger partial charge on any atom is 0.328 e. The van der Waals surface area contributed by atoms with Gasteiger partial charge in [-0.25, -0.2) is 9.79 Å². The highest BCUT2D eigenvalue weighted by Gasteiger charge is 2.23. The Bertz CT molecular complexity index is 1220. The van der Waals surface area contributed by atoms with Crippen molar-refractivity contribution in [3.63, 3.8) is 0 Å². The predicted octanol–water partition coefficient (Wildman–Crippen LogP) is 3.41. The highest BCUT2D eigenvalue weighted by atomic mass is 32.2. The van der Waals surface area contributed by atoms with Gasteiger partial charge < -0.3 is 10.1 Å². The van der Waals surface area contributed by atoms with Crippen molar-refractivity contribution < 1.29 is 9.53 Å². The van der Waals surface area contributed by atoms with Crippen LogP contribution in [0.25, 0.3) is 17.1 Å². The minimum atomic E-state index is -0.180. The largest absolute Gasteiger partial charge is 0.497 e. The molecule has 142 valence electrons. The highest BCUT2D eigenvalue weighted by molar-refractivity contribution is 8.18. The summed E-state index contributed by atoms with van der Waals surface area (Å²) in [5, 5.41) is 2.60. The van der Waals surface area contributed by atoms with Gasteiger partial charge in [-0.05, 0) is 47.7 Å². The molecule has 0 atom stereocenters. The maximum atomic E-state index is 12.1. The van der Waals surface area contributed by atoms with Gasteiger partial charge in [-0.15, -0.1) is 0 Å². The van der Waals surface area contributed by atoms with Gasteiger partial charge in [-0.2, -0.15) is 0 Å². The fourth-order valence-corrected chi connectivity index (χ4v) is 3.82. The van der Waals surface area contributed by atoms with Crippen molar-refractivity contribution in [1.29, 1.82) is 0 Å². The molecule has 1 aliphatic heterocycles. The first-order valence-corrected chi connectivity index (χ1v) is 9.37. The number of aryl methyl sites for hydroxylation is 2. The van der Waals surface area contributed by atoms with Crippen LogP contribution in [0.1, 0.15) is 5.56 Å². The second-order valence-electron chi connectivity index (χ2n) is 6.33. The normalized spacial score (nSPS) is 16.9. The molecule has 4 rings (SSSR count). The molecule has 0 saturated carbocycles. The molecule has 28 heavy (non-hydrogen) atoms. The fraction of sp³-hybridized carbons (Fsp3) is 0.150. The SMILES string of the molecule is COc1cccc(N=C2NC(=O)S/C2=C\c2ccc3c(c2)n(C)c(=O)n3C)c1. The summed E-state index contributed by atoms with van der Waals surface area (Å²) < 4.78 is 8.43. The molecule has 0 aliphatic carbocycles. The van der Waals surface area contributed by atoms with E-state index in [1.807, 2.05) is 42.5 Å². The van der Waals surface area contributed by atoms with Crippen molar-refractivity contribution >= 4 is 45.6 Å². The van der Waals surface area contributed by atoms with Crippen LogP contribution in [0.15, 0.2) is 57.2 Å². The molecule has 2 aromatic carbocycles. The van der Waals surface area contributed by atoms with Crippen LogP contribution in [-0.4, -0.2) is 27.3 Å². The number of nitrogens with zero attached hydrogens (tertiary/aromatic N) is 3. The number of carbonyl (C=O) groups is 1. The number of imidazole rings is 1. The number of rotatable bonds is 3. The maximum absolute atomic E-state index is 12.1. The minimum absolute atomic E-state index is 0.0767. The van der Waals surface area contributed by atoms with Gasteiger partial charge in [0.2, 0.25) is 0 Å². The zero-order chi connectivity index (χ0) is 19.8. The molecule has 1 fully saturated rings. The fourth-order valence-electron chi connectivity index (χ4n) is 3.09. The third kappa shape index (κ3) is 3.22. The van der Waals surface area contributed by atoms with E-state index in [0.29, 0.717) is 22.2 Å². The molecule has 0 bridgehead atoms. The lowest BCUT2D eigenvalue weighted by Crippen LogP contribution is -2.19.